The highest BCUT2D eigenvalue weighted by atomic mass is 32.2. The summed E-state index contributed by atoms with van der Waals surface area (Å²) in [5.41, 5.74) is 6.58. The molecular formula is C25H37N5O5S. The van der Waals surface area contributed by atoms with Crippen LogP contribution in [0.15, 0.2) is 29.2 Å². The summed E-state index contributed by atoms with van der Waals surface area (Å²) in [5, 5.41) is 14.2. The van der Waals surface area contributed by atoms with E-state index in [4.69, 9.17) is 15.6 Å². The topological polar surface area (TPSA) is 166 Å². The molecule has 0 aromatic heterocycles. The second-order valence-electron chi connectivity index (χ2n) is 11.7. The number of nitrogens with one attached hydrogen (secondary N) is 3. The van der Waals surface area contributed by atoms with Gasteiger partial charge in [-0.15, -0.1) is 0 Å². The van der Waals surface area contributed by atoms with Crippen molar-refractivity contribution in [2.75, 3.05) is 31.6 Å². The van der Waals surface area contributed by atoms with Gasteiger partial charge < -0.3 is 26.4 Å². The SMILES string of the molecule is NC1COCCC1C(=O)NCC12CC3CC(CC(CNC(=O)Nc4cccc(S(N)(=O)=O)c4)(C3)C1)C2. The van der Waals surface area contributed by atoms with Crippen molar-refractivity contribution in [1.82, 2.24) is 10.6 Å². The Kier molecular flexibility index (Phi) is 6.78. The molecule has 36 heavy (non-hydrogen) atoms. The zero-order valence-corrected chi connectivity index (χ0v) is 21.3. The average Bonchev–Trinajstić information content (AvgIpc) is 2.81. The van der Waals surface area contributed by atoms with Gasteiger partial charge in [0.15, 0.2) is 0 Å². The van der Waals surface area contributed by atoms with Crippen LogP contribution in [0.1, 0.15) is 44.9 Å². The van der Waals surface area contributed by atoms with Crippen molar-refractivity contribution in [2.24, 2.45) is 39.5 Å². The van der Waals surface area contributed by atoms with E-state index in [1.807, 2.05) is 0 Å². The van der Waals surface area contributed by atoms with Crippen LogP contribution in [0.4, 0.5) is 10.5 Å². The molecule has 3 amide bonds. The molecule has 0 spiro atoms. The van der Waals surface area contributed by atoms with E-state index >= 15 is 0 Å². The first-order chi connectivity index (χ1) is 17.0. The standard InChI is InChI=1S/C25H37N5O5S/c26-21-12-35-5-4-20(21)22(31)28-14-24-8-16-6-17(9-24)11-25(10-16,13-24)15-29-23(32)30-18-2-1-3-19(7-18)36(27,33)34/h1-3,7,16-17,20-21H,4-6,8-15,26H2,(H,28,31)(H2,27,33,34)(H2,29,30,32). The molecule has 1 saturated heterocycles. The fourth-order valence-corrected chi connectivity index (χ4v) is 8.31. The molecule has 4 saturated carbocycles. The Morgan fingerprint density at radius 3 is 2.36 bits per heavy atom. The summed E-state index contributed by atoms with van der Waals surface area (Å²) in [7, 11) is -3.85. The number of primary sulfonamides is 1. The predicted molar refractivity (Wildman–Crippen MR) is 134 cm³/mol. The first kappa shape index (κ1) is 25.4. The summed E-state index contributed by atoms with van der Waals surface area (Å²) in [5.74, 6) is 1.07. The predicted octanol–water partition coefficient (Wildman–Crippen LogP) is 1.52. The number of ether oxygens (including phenoxy) is 1. The summed E-state index contributed by atoms with van der Waals surface area (Å²) in [6.07, 6.45) is 7.30. The Morgan fingerprint density at radius 1 is 1.06 bits per heavy atom. The van der Waals surface area contributed by atoms with E-state index in [0.29, 0.717) is 50.2 Å². The van der Waals surface area contributed by atoms with Crippen LogP contribution < -0.4 is 26.8 Å². The smallest absolute Gasteiger partial charge is 0.319 e. The number of amides is 3. The molecule has 5 aliphatic rings. The maximum absolute atomic E-state index is 12.9. The number of sulfonamides is 1. The lowest BCUT2D eigenvalue weighted by Crippen LogP contribution is -2.59. The normalized spacial score (nSPS) is 35.3. The van der Waals surface area contributed by atoms with Crippen molar-refractivity contribution in [3.8, 4) is 0 Å². The van der Waals surface area contributed by atoms with E-state index in [1.54, 1.807) is 12.1 Å². The Bertz CT molecular complexity index is 1110. The lowest BCUT2D eigenvalue weighted by atomic mass is 9.44. The Labute approximate surface area is 212 Å². The minimum atomic E-state index is -3.85. The van der Waals surface area contributed by atoms with Crippen molar-refractivity contribution in [2.45, 2.75) is 55.9 Å². The van der Waals surface area contributed by atoms with Gasteiger partial charge in [-0.2, -0.15) is 0 Å². The van der Waals surface area contributed by atoms with Crippen LogP contribution in [-0.2, 0) is 19.6 Å². The van der Waals surface area contributed by atoms with Gasteiger partial charge in [0.25, 0.3) is 0 Å². The van der Waals surface area contributed by atoms with E-state index < -0.39 is 10.0 Å². The molecule has 5 fully saturated rings. The molecular weight excluding hydrogens is 482 g/mol. The molecule has 10 nitrogen and oxygen atoms in total. The lowest BCUT2D eigenvalue weighted by Gasteiger charge is -2.62. The molecule has 4 aliphatic carbocycles. The van der Waals surface area contributed by atoms with E-state index in [9.17, 15) is 18.0 Å². The second-order valence-corrected chi connectivity index (χ2v) is 13.3. The summed E-state index contributed by atoms with van der Waals surface area (Å²) in [6.45, 7) is 2.22. The van der Waals surface area contributed by atoms with E-state index in [0.717, 1.165) is 32.1 Å². The Hall–Kier alpha value is -2.21. The third kappa shape index (κ3) is 5.39. The maximum Gasteiger partial charge on any atom is 0.319 e. The molecule has 4 atom stereocenters. The van der Waals surface area contributed by atoms with Crippen LogP contribution in [0.25, 0.3) is 0 Å². The second kappa shape index (κ2) is 9.59. The van der Waals surface area contributed by atoms with Gasteiger partial charge in [0.1, 0.15) is 0 Å². The van der Waals surface area contributed by atoms with Gasteiger partial charge in [0, 0.05) is 31.4 Å². The van der Waals surface area contributed by atoms with Crippen molar-refractivity contribution in [3.63, 3.8) is 0 Å². The highest BCUT2D eigenvalue weighted by Gasteiger charge is 2.57. The number of nitrogens with two attached hydrogens (primary N) is 2. The van der Waals surface area contributed by atoms with E-state index in [1.165, 1.54) is 18.6 Å². The van der Waals surface area contributed by atoms with Crippen LogP contribution in [-0.4, -0.2) is 52.7 Å². The highest BCUT2D eigenvalue weighted by molar-refractivity contribution is 7.89. The summed E-state index contributed by atoms with van der Waals surface area (Å²) >= 11 is 0. The van der Waals surface area contributed by atoms with Crippen LogP contribution >= 0.6 is 0 Å². The number of carbonyl (C=O) groups excluding carboxylic acids is 2. The van der Waals surface area contributed by atoms with Crippen LogP contribution in [0, 0.1) is 28.6 Å². The number of benzene rings is 1. The van der Waals surface area contributed by atoms with Gasteiger partial charge in [-0.05, 0) is 85.8 Å². The number of rotatable bonds is 7. The quantitative estimate of drug-likeness (QED) is 0.366. The molecule has 7 N–H and O–H groups in total. The molecule has 1 aromatic rings. The zero-order valence-electron chi connectivity index (χ0n) is 20.5. The molecule has 11 heteroatoms. The Morgan fingerprint density at radius 2 is 1.72 bits per heavy atom. The minimum Gasteiger partial charge on any atom is -0.380 e. The number of carbonyl (C=O) groups is 2. The first-order valence-corrected chi connectivity index (χ1v) is 14.4. The van der Waals surface area contributed by atoms with E-state index in [2.05, 4.69) is 16.0 Å². The third-order valence-electron chi connectivity index (χ3n) is 8.72. The fraction of sp³-hybridized carbons (Fsp3) is 0.680. The average molecular weight is 520 g/mol. The van der Waals surface area contributed by atoms with Gasteiger partial charge in [0.05, 0.1) is 17.4 Å². The van der Waals surface area contributed by atoms with Gasteiger partial charge in [-0.3, -0.25) is 4.79 Å². The molecule has 4 unspecified atom stereocenters. The van der Waals surface area contributed by atoms with Crippen molar-refractivity contribution in [1.29, 1.82) is 0 Å². The Balaban J connectivity index is 1.20. The fourth-order valence-electron chi connectivity index (χ4n) is 7.75. The third-order valence-corrected chi connectivity index (χ3v) is 9.63. The van der Waals surface area contributed by atoms with Crippen molar-refractivity contribution in [3.05, 3.63) is 24.3 Å². The number of urea groups is 1. The van der Waals surface area contributed by atoms with Crippen molar-refractivity contribution < 1.29 is 22.7 Å². The highest BCUT2D eigenvalue weighted by Crippen LogP contribution is 2.64. The molecule has 1 aromatic carbocycles. The molecule has 4 bridgehead atoms. The summed E-state index contributed by atoms with van der Waals surface area (Å²) in [4.78, 5) is 25.5. The summed E-state index contributed by atoms with van der Waals surface area (Å²) in [6, 6.07) is 5.28. The summed E-state index contributed by atoms with van der Waals surface area (Å²) < 4.78 is 28.6. The number of anilines is 1. The molecule has 1 aliphatic heterocycles. The minimum absolute atomic E-state index is 0.0175. The van der Waals surface area contributed by atoms with Crippen molar-refractivity contribution >= 4 is 27.6 Å². The molecule has 0 radical (unpaired) electrons. The zero-order chi connectivity index (χ0) is 25.6. The van der Waals surface area contributed by atoms with Crippen LogP contribution in [0.3, 0.4) is 0 Å². The molecule has 198 valence electrons. The lowest BCUT2D eigenvalue weighted by molar-refractivity contribution is -0.133. The van der Waals surface area contributed by atoms with Gasteiger partial charge in [-0.1, -0.05) is 6.07 Å². The van der Waals surface area contributed by atoms with Crippen LogP contribution in [0.5, 0.6) is 0 Å². The molecule has 6 rings (SSSR count). The monoisotopic (exact) mass is 519 g/mol. The maximum atomic E-state index is 12.9. The van der Waals surface area contributed by atoms with Gasteiger partial charge >= 0.3 is 6.03 Å². The van der Waals surface area contributed by atoms with Gasteiger partial charge in [-0.25, -0.2) is 18.4 Å². The molecule has 1 heterocycles. The first-order valence-electron chi connectivity index (χ1n) is 12.8. The van der Waals surface area contributed by atoms with Gasteiger partial charge in [0.2, 0.25) is 15.9 Å². The number of hydrogen-bond acceptors (Lipinski definition) is 6. The number of hydrogen-bond donors (Lipinski definition) is 5. The largest absolute Gasteiger partial charge is 0.380 e. The van der Waals surface area contributed by atoms with E-state index in [-0.39, 0.29) is 39.6 Å². The van der Waals surface area contributed by atoms with Crippen LogP contribution in [0.2, 0.25) is 0 Å².